The van der Waals surface area contributed by atoms with Crippen molar-refractivity contribution in [3.63, 3.8) is 0 Å². The van der Waals surface area contributed by atoms with Crippen molar-refractivity contribution in [2.24, 2.45) is 5.16 Å². The number of nitrogens with zero attached hydrogens (tertiary/aromatic N) is 1. The fourth-order valence-corrected chi connectivity index (χ4v) is 4.25. The molecule has 0 unspecified atom stereocenters. The molecule has 2 aromatic carbocycles. The van der Waals surface area contributed by atoms with E-state index < -0.39 is 30.1 Å². The van der Waals surface area contributed by atoms with Gasteiger partial charge in [0, 0.05) is 26.9 Å². The lowest BCUT2D eigenvalue weighted by molar-refractivity contribution is -0.240. The molecular weight excluding hydrogens is 451 g/mol. The van der Waals surface area contributed by atoms with Gasteiger partial charge in [-0.15, -0.1) is 0 Å². The second kappa shape index (κ2) is 11.1. The van der Waals surface area contributed by atoms with Crippen LogP contribution < -0.4 is 0 Å². The summed E-state index contributed by atoms with van der Waals surface area (Å²) in [6, 6.07) is 10.4. The predicted molar refractivity (Wildman–Crippen MR) is 122 cm³/mol. The smallest absolute Gasteiger partial charge is 0.411 e. The quantitative estimate of drug-likeness (QED) is 0.256. The highest BCUT2D eigenvalue weighted by Crippen LogP contribution is 2.38. The average molecular weight is 479 g/mol. The number of alkyl halides is 3. The van der Waals surface area contributed by atoms with Gasteiger partial charge in [-0.3, -0.25) is 0 Å². The molecule has 0 amide bonds. The largest absolute Gasteiger partial charge is 0.416 e. The summed E-state index contributed by atoms with van der Waals surface area (Å²) < 4.78 is 62.3. The fourth-order valence-electron chi connectivity index (χ4n) is 4.25. The minimum Gasteiger partial charge on any atom is -0.411 e. The zero-order valence-electron chi connectivity index (χ0n) is 19.3. The van der Waals surface area contributed by atoms with E-state index in [1.54, 1.807) is 51.7 Å². The molecule has 9 heteroatoms. The third-order valence-electron chi connectivity index (χ3n) is 5.88. The van der Waals surface area contributed by atoms with E-state index in [9.17, 15) is 13.2 Å². The predicted octanol–water partition coefficient (Wildman–Crippen LogP) is 5.19. The highest BCUT2D eigenvalue weighted by molar-refractivity contribution is 5.83. The van der Waals surface area contributed by atoms with E-state index >= 15 is 0 Å². The van der Waals surface area contributed by atoms with Crippen LogP contribution in [0.2, 0.25) is 0 Å². The SMILES string of the molecule is CO[C@@H]1[C@@H](OC)[C@H](C)O[C@@H](c2cc(/C=C/c3cccc(C(F)(F)F)c3)ccc2C=NO)[C@H]1OC. The molecular formula is C25H28F3NO5. The van der Waals surface area contributed by atoms with Gasteiger partial charge in [-0.1, -0.05) is 41.6 Å². The molecule has 1 aliphatic rings. The van der Waals surface area contributed by atoms with Crippen molar-refractivity contribution in [1.29, 1.82) is 0 Å². The minimum atomic E-state index is -4.41. The second-order valence-electron chi connectivity index (χ2n) is 7.95. The molecule has 1 N–H and O–H groups in total. The molecule has 0 bridgehead atoms. The van der Waals surface area contributed by atoms with Crippen LogP contribution in [0.5, 0.6) is 0 Å². The van der Waals surface area contributed by atoms with E-state index in [0.29, 0.717) is 16.7 Å². The lowest BCUT2D eigenvalue weighted by Crippen LogP contribution is -2.55. The standard InChI is InChI=1S/C25H28F3NO5/c1-15-21(31-2)23(32-3)24(33-4)22(34-15)20-13-17(10-11-18(20)14-29-30)9-8-16-6-5-7-19(12-16)25(26,27)28/h5-15,21-24,30H,1-4H3/b9-8+,29-14?/t15-,21-,22-,23+,24+/m0/s1. The molecule has 0 radical (unpaired) electrons. The van der Waals surface area contributed by atoms with Gasteiger partial charge in [0.15, 0.2) is 0 Å². The molecule has 0 aromatic heterocycles. The van der Waals surface area contributed by atoms with E-state index in [4.69, 9.17) is 24.2 Å². The van der Waals surface area contributed by atoms with Gasteiger partial charge in [0.2, 0.25) is 0 Å². The molecule has 1 aliphatic heterocycles. The van der Waals surface area contributed by atoms with Crippen molar-refractivity contribution in [3.8, 4) is 0 Å². The number of benzene rings is 2. The van der Waals surface area contributed by atoms with E-state index in [-0.39, 0.29) is 12.2 Å². The molecule has 0 aliphatic carbocycles. The van der Waals surface area contributed by atoms with Crippen LogP contribution >= 0.6 is 0 Å². The van der Waals surface area contributed by atoms with Crippen LogP contribution in [0.1, 0.15) is 40.8 Å². The van der Waals surface area contributed by atoms with E-state index in [0.717, 1.165) is 17.7 Å². The molecule has 0 saturated carbocycles. The Bertz CT molecular complexity index is 1020. The van der Waals surface area contributed by atoms with Gasteiger partial charge in [-0.2, -0.15) is 13.2 Å². The van der Waals surface area contributed by atoms with Gasteiger partial charge >= 0.3 is 6.18 Å². The van der Waals surface area contributed by atoms with Crippen molar-refractivity contribution in [2.75, 3.05) is 21.3 Å². The summed E-state index contributed by atoms with van der Waals surface area (Å²) >= 11 is 0. The zero-order chi connectivity index (χ0) is 24.9. The number of halogens is 3. The topological polar surface area (TPSA) is 69.5 Å². The van der Waals surface area contributed by atoms with Gasteiger partial charge < -0.3 is 24.2 Å². The third-order valence-corrected chi connectivity index (χ3v) is 5.88. The van der Waals surface area contributed by atoms with E-state index in [1.807, 2.05) is 13.0 Å². The first-order valence-electron chi connectivity index (χ1n) is 10.6. The molecule has 2 aromatic rings. The van der Waals surface area contributed by atoms with Crippen LogP contribution in [0.15, 0.2) is 47.6 Å². The Kier molecular flexibility index (Phi) is 8.48. The van der Waals surface area contributed by atoms with E-state index in [1.165, 1.54) is 12.3 Å². The van der Waals surface area contributed by atoms with Crippen molar-refractivity contribution in [1.82, 2.24) is 0 Å². The maximum atomic E-state index is 13.0. The molecule has 3 rings (SSSR count). The summed E-state index contributed by atoms with van der Waals surface area (Å²) in [5, 5.41) is 12.3. The summed E-state index contributed by atoms with van der Waals surface area (Å²) in [6.07, 6.45) is -2.02. The first-order valence-corrected chi connectivity index (χ1v) is 10.6. The summed E-state index contributed by atoms with van der Waals surface area (Å²) in [7, 11) is 4.70. The summed E-state index contributed by atoms with van der Waals surface area (Å²) in [5.74, 6) is 0. The number of hydrogen-bond acceptors (Lipinski definition) is 6. The van der Waals surface area contributed by atoms with Crippen LogP contribution in [0, 0.1) is 0 Å². The molecule has 0 spiro atoms. The van der Waals surface area contributed by atoms with Crippen LogP contribution in [-0.2, 0) is 25.1 Å². The fraction of sp³-hybridized carbons (Fsp3) is 0.400. The Labute approximate surface area is 196 Å². The maximum absolute atomic E-state index is 13.0. The maximum Gasteiger partial charge on any atom is 0.416 e. The first kappa shape index (κ1) is 25.9. The summed E-state index contributed by atoms with van der Waals surface area (Å²) in [4.78, 5) is 0. The lowest BCUT2D eigenvalue weighted by atomic mass is 9.88. The molecule has 184 valence electrons. The highest BCUT2D eigenvalue weighted by atomic mass is 19.4. The Morgan fingerprint density at radius 1 is 0.912 bits per heavy atom. The zero-order valence-corrected chi connectivity index (χ0v) is 19.3. The lowest BCUT2D eigenvalue weighted by Gasteiger charge is -2.44. The van der Waals surface area contributed by atoms with Crippen molar-refractivity contribution in [3.05, 3.63) is 70.3 Å². The van der Waals surface area contributed by atoms with Crippen LogP contribution in [-0.4, -0.2) is 57.2 Å². The Morgan fingerprint density at radius 2 is 1.56 bits per heavy atom. The van der Waals surface area contributed by atoms with Crippen LogP contribution in [0.3, 0.4) is 0 Å². The number of oxime groups is 1. The average Bonchev–Trinajstić information content (AvgIpc) is 2.82. The number of ether oxygens (including phenoxy) is 4. The summed E-state index contributed by atoms with van der Waals surface area (Å²) in [6.45, 7) is 1.87. The molecule has 1 saturated heterocycles. The Balaban J connectivity index is 1.99. The molecule has 1 heterocycles. The van der Waals surface area contributed by atoms with Gasteiger partial charge in [0.05, 0.1) is 17.9 Å². The van der Waals surface area contributed by atoms with Crippen molar-refractivity contribution < 1.29 is 37.3 Å². The molecule has 34 heavy (non-hydrogen) atoms. The monoisotopic (exact) mass is 479 g/mol. The normalized spacial score (nSPS) is 25.9. The number of hydrogen-bond donors (Lipinski definition) is 1. The van der Waals surface area contributed by atoms with Gasteiger partial charge in [0.1, 0.15) is 24.4 Å². The Hall–Kier alpha value is -2.72. The molecule has 1 fully saturated rings. The Morgan fingerprint density at radius 3 is 2.15 bits per heavy atom. The minimum absolute atomic E-state index is 0.324. The molecule has 6 nitrogen and oxygen atoms in total. The summed E-state index contributed by atoms with van der Waals surface area (Å²) in [5.41, 5.74) is 1.70. The van der Waals surface area contributed by atoms with Crippen LogP contribution in [0.4, 0.5) is 13.2 Å². The van der Waals surface area contributed by atoms with Gasteiger partial charge in [0.25, 0.3) is 0 Å². The number of methoxy groups -OCH3 is 3. The second-order valence-corrected chi connectivity index (χ2v) is 7.95. The van der Waals surface area contributed by atoms with Crippen molar-refractivity contribution >= 4 is 18.4 Å². The van der Waals surface area contributed by atoms with Gasteiger partial charge in [-0.05, 0) is 41.8 Å². The van der Waals surface area contributed by atoms with Crippen LogP contribution in [0.25, 0.3) is 12.2 Å². The third kappa shape index (κ3) is 5.67. The van der Waals surface area contributed by atoms with Crippen molar-refractivity contribution in [2.45, 2.75) is 43.6 Å². The highest BCUT2D eigenvalue weighted by Gasteiger charge is 2.46. The number of rotatable bonds is 7. The van der Waals surface area contributed by atoms with Gasteiger partial charge in [-0.25, -0.2) is 0 Å². The van der Waals surface area contributed by atoms with E-state index in [2.05, 4.69) is 5.16 Å². The molecule has 5 atom stereocenters. The first-order chi connectivity index (χ1) is 16.2.